The lowest BCUT2D eigenvalue weighted by molar-refractivity contribution is -0.142. The Morgan fingerprint density at radius 3 is 2.25 bits per heavy atom. The van der Waals surface area contributed by atoms with Crippen molar-refractivity contribution in [2.24, 2.45) is 5.84 Å². The molecule has 0 atom stereocenters. The average molecular weight is 437 g/mol. The van der Waals surface area contributed by atoms with E-state index in [1.54, 1.807) is 30.3 Å². The van der Waals surface area contributed by atoms with Gasteiger partial charge in [0.25, 0.3) is 5.91 Å². The van der Waals surface area contributed by atoms with E-state index in [4.69, 9.17) is 5.84 Å². The number of pyridine rings is 1. The Bertz CT molecular complexity index is 1290. The number of phenols is 1. The molecule has 0 unspecified atom stereocenters. The number of hydrogen-bond donors (Lipinski definition) is 4. The largest absolute Gasteiger partial charge is 0.508 e. The summed E-state index contributed by atoms with van der Waals surface area (Å²) in [6, 6.07) is 9.63. The van der Waals surface area contributed by atoms with Gasteiger partial charge in [-0.2, -0.15) is 0 Å². The molecule has 0 bridgehead atoms. The Kier molecular flexibility index (Phi) is 5.61. The summed E-state index contributed by atoms with van der Waals surface area (Å²) >= 11 is 0. The Morgan fingerprint density at radius 1 is 1.03 bits per heavy atom. The zero-order valence-corrected chi connectivity index (χ0v) is 18.7. The number of hydrazine groups is 1. The first-order valence-corrected chi connectivity index (χ1v) is 10.1. The summed E-state index contributed by atoms with van der Waals surface area (Å²) in [4.78, 5) is 40.8. The van der Waals surface area contributed by atoms with Crippen LogP contribution in [0.3, 0.4) is 0 Å². The second-order valence-corrected chi connectivity index (χ2v) is 9.32. The van der Waals surface area contributed by atoms with Crippen LogP contribution in [0.25, 0.3) is 10.9 Å². The van der Waals surface area contributed by atoms with E-state index in [2.05, 4.69) is 4.98 Å². The summed E-state index contributed by atoms with van der Waals surface area (Å²) in [6.45, 7) is 8.59. The number of benzene rings is 2. The Morgan fingerprint density at radius 2 is 1.66 bits per heavy atom. The molecule has 0 saturated carbocycles. The van der Waals surface area contributed by atoms with Crippen LogP contribution in [0.5, 0.6) is 5.75 Å². The molecule has 8 nitrogen and oxygen atoms in total. The highest BCUT2D eigenvalue weighted by atomic mass is 16.4. The lowest BCUT2D eigenvalue weighted by Gasteiger charge is -2.30. The molecule has 8 heteroatoms. The maximum absolute atomic E-state index is 13.2. The second kappa shape index (κ2) is 7.80. The van der Waals surface area contributed by atoms with Crippen molar-refractivity contribution >= 4 is 28.5 Å². The molecule has 1 heterocycles. The molecule has 168 valence electrons. The van der Waals surface area contributed by atoms with Crippen molar-refractivity contribution in [3.8, 4) is 5.75 Å². The van der Waals surface area contributed by atoms with E-state index >= 15 is 0 Å². The monoisotopic (exact) mass is 437 g/mol. The van der Waals surface area contributed by atoms with Gasteiger partial charge in [-0.25, -0.2) is 10.9 Å². The molecular weight excluding hydrogens is 410 g/mol. The van der Waals surface area contributed by atoms with Gasteiger partial charge in [0, 0.05) is 28.7 Å². The summed E-state index contributed by atoms with van der Waals surface area (Å²) in [5.41, 5.74) is -1.04. The molecule has 2 aromatic carbocycles. The number of carbonyl (C=O) groups excluding carboxylic acids is 1. The molecule has 3 rings (SSSR count). The van der Waals surface area contributed by atoms with E-state index < -0.39 is 28.1 Å². The van der Waals surface area contributed by atoms with Crippen molar-refractivity contribution in [2.45, 2.75) is 45.4 Å². The Balaban J connectivity index is 2.18. The molecule has 0 radical (unpaired) electrons. The van der Waals surface area contributed by atoms with Gasteiger partial charge in [0.15, 0.2) is 0 Å². The van der Waals surface area contributed by atoms with E-state index in [9.17, 15) is 24.6 Å². The highest BCUT2D eigenvalue weighted by Crippen LogP contribution is 2.41. The number of carbonyl (C=O) groups is 2. The molecule has 1 aromatic heterocycles. The highest BCUT2D eigenvalue weighted by molar-refractivity contribution is 6.07. The Hall–Kier alpha value is -3.65. The van der Waals surface area contributed by atoms with Crippen molar-refractivity contribution in [1.82, 2.24) is 4.98 Å². The first kappa shape index (κ1) is 23.0. The van der Waals surface area contributed by atoms with Crippen LogP contribution in [-0.2, 0) is 15.6 Å². The second-order valence-electron chi connectivity index (χ2n) is 9.32. The molecular formula is C24H27N3O5. The number of aromatic nitrogens is 1. The molecule has 5 N–H and O–H groups in total. The zero-order chi connectivity index (χ0) is 24.0. The fourth-order valence-electron chi connectivity index (χ4n) is 3.56. The molecule has 0 aliphatic rings. The van der Waals surface area contributed by atoms with Gasteiger partial charge in [-0.05, 0) is 43.0 Å². The van der Waals surface area contributed by atoms with E-state index in [1.807, 2.05) is 20.8 Å². The summed E-state index contributed by atoms with van der Waals surface area (Å²) < 4.78 is 0. The minimum Gasteiger partial charge on any atom is -0.508 e. The average Bonchev–Trinajstić information content (AvgIpc) is 2.71. The number of carboxylic acid groups (broad SMARTS) is 1. The summed E-state index contributed by atoms with van der Waals surface area (Å²) in [5, 5.41) is 21.4. The molecule has 32 heavy (non-hydrogen) atoms. The van der Waals surface area contributed by atoms with Crippen molar-refractivity contribution in [3.63, 3.8) is 0 Å². The minimum absolute atomic E-state index is 0.152. The zero-order valence-electron chi connectivity index (χ0n) is 18.7. The number of aliphatic carboxylic acids is 1. The van der Waals surface area contributed by atoms with Gasteiger partial charge < -0.3 is 15.2 Å². The van der Waals surface area contributed by atoms with Gasteiger partial charge in [0.1, 0.15) is 11.3 Å². The van der Waals surface area contributed by atoms with Crippen LogP contribution in [0.2, 0.25) is 0 Å². The van der Waals surface area contributed by atoms with Gasteiger partial charge in [0.05, 0.1) is 11.1 Å². The predicted octanol–water partition coefficient (Wildman–Crippen LogP) is 3.41. The van der Waals surface area contributed by atoms with Crippen LogP contribution in [0.15, 0.2) is 47.4 Å². The quantitative estimate of drug-likeness (QED) is 0.280. The minimum atomic E-state index is -1.37. The van der Waals surface area contributed by atoms with Gasteiger partial charge >= 0.3 is 5.97 Å². The smallest absolute Gasteiger partial charge is 0.313 e. The summed E-state index contributed by atoms with van der Waals surface area (Å²) in [6.07, 6.45) is 1.31. The molecule has 0 fully saturated rings. The number of nitrogens with one attached hydrogen (secondary N) is 1. The van der Waals surface area contributed by atoms with Crippen LogP contribution in [0, 0.1) is 0 Å². The first-order chi connectivity index (χ1) is 14.8. The molecule has 0 aliphatic carbocycles. The van der Waals surface area contributed by atoms with Gasteiger partial charge in [0.2, 0.25) is 5.43 Å². The number of H-pyrrole nitrogens is 1. The number of amides is 1. The maximum atomic E-state index is 13.2. The topological polar surface area (TPSA) is 137 Å². The summed E-state index contributed by atoms with van der Waals surface area (Å²) in [7, 11) is 0. The third kappa shape index (κ3) is 3.85. The highest BCUT2D eigenvalue weighted by Gasteiger charge is 2.35. The van der Waals surface area contributed by atoms with Crippen LogP contribution in [0.4, 0.5) is 5.69 Å². The lowest BCUT2D eigenvalue weighted by Crippen LogP contribution is -2.41. The van der Waals surface area contributed by atoms with Crippen molar-refractivity contribution in [3.05, 3.63) is 69.5 Å². The van der Waals surface area contributed by atoms with Crippen LogP contribution in [-0.4, -0.2) is 27.1 Å². The van der Waals surface area contributed by atoms with Crippen LogP contribution >= 0.6 is 0 Å². The molecule has 0 saturated heterocycles. The number of aromatic amines is 1. The molecule has 0 spiro atoms. The molecule has 0 aliphatic heterocycles. The number of hydrogen-bond acceptors (Lipinski definition) is 5. The molecule has 3 aromatic rings. The number of nitrogens with two attached hydrogens (primary N) is 1. The lowest BCUT2D eigenvalue weighted by atomic mass is 9.78. The fourth-order valence-corrected chi connectivity index (χ4v) is 3.56. The SMILES string of the molecule is CC(C)(C)c1cc(C(C)(C)C(=O)O)c(O)cc1N(N)C(=O)c1c[nH]c2ccccc2c1=O. The van der Waals surface area contributed by atoms with E-state index in [0.717, 1.165) is 5.01 Å². The number of phenolic OH excluding ortho intramolecular Hbond substituents is 1. The van der Waals surface area contributed by atoms with E-state index in [0.29, 0.717) is 16.5 Å². The van der Waals surface area contributed by atoms with Gasteiger partial charge in [-0.3, -0.25) is 14.4 Å². The van der Waals surface area contributed by atoms with E-state index in [1.165, 1.54) is 26.1 Å². The third-order valence-electron chi connectivity index (χ3n) is 5.63. The number of nitrogens with zero attached hydrogens (tertiary/aromatic N) is 1. The Labute approximate surface area is 185 Å². The number of fused-ring (bicyclic) bond motifs is 1. The number of anilines is 1. The number of rotatable bonds is 4. The van der Waals surface area contributed by atoms with Crippen LogP contribution < -0.4 is 16.3 Å². The fraction of sp³-hybridized carbons (Fsp3) is 0.292. The number of para-hydroxylation sites is 1. The maximum Gasteiger partial charge on any atom is 0.313 e. The summed E-state index contributed by atoms with van der Waals surface area (Å²) in [5.74, 6) is 4.00. The third-order valence-corrected chi connectivity index (χ3v) is 5.63. The van der Waals surface area contributed by atoms with Gasteiger partial charge in [-0.15, -0.1) is 0 Å². The van der Waals surface area contributed by atoms with Crippen molar-refractivity contribution in [1.29, 1.82) is 0 Å². The standard InChI is InChI=1S/C24H27N3O5/c1-23(2,3)15-10-16(24(4,5)22(31)32)19(28)11-18(15)27(25)21(30)14-12-26-17-9-7-6-8-13(17)20(14)29/h6-12,28H,25H2,1-5H3,(H,26,29)(H,31,32). The van der Waals surface area contributed by atoms with E-state index in [-0.39, 0.29) is 22.6 Å². The first-order valence-electron chi connectivity index (χ1n) is 10.1. The van der Waals surface area contributed by atoms with Gasteiger partial charge in [-0.1, -0.05) is 32.9 Å². The number of aromatic hydroxyl groups is 1. The van der Waals surface area contributed by atoms with Crippen LogP contribution in [0.1, 0.15) is 56.1 Å². The normalized spacial score (nSPS) is 12.1. The number of carboxylic acids is 1. The van der Waals surface area contributed by atoms with Crippen molar-refractivity contribution < 1.29 is 19.8 Å². The van der Waals surface area contributed by atoms with Crippen molar-refractivity contribution in [2.75, 3.05) is 5.01 Å². The predicted molar refractivity (Wildman–Crippen MR) is 123 cm³/mol. The molecule has 1 amide bonds.